The van der Waals surface area contributed by atoms with Crippen LogP contribution in [-0.4, -0.2) is 30.2 Å². The monoisotopic (exact) mass is 342 g/mol. The maximum Gasteiger partial charge on any atom is 0.261 e. The highest BCUT2D eigenvalue weighted by molar-refractivity contribution is 7.92. The Morgan fingerprint density at radius 3 is 2.71 bits per heavy atom. The average molecular weight is 342 g/mol. The van der Waals surface area contributed by atoms with Gasteiger partial charge in [0.1, 0.15) is 12.1 Å². The number of aromatic amines is 1. The summed E-state index contributed by atoms with van der Waals surface area (Å²) in [5.74, 6) is 1.38. The normalized spacial score (nSPS) is 13.3. The van der Waals surface area contributed by atoms with Crippen molar-refractivity contribution in [3.63, 3.8) is 0 Å². The van der Waals surface area contributed by atoms with Crippen molar-refractivity contribution in [3.05, 3.63) is 54.4 Å². The molecular formula is C16H14N4O3S. The molecule has 0 spiro atoms. The summed E-state index contributed by atoms with van der Waals surface area (Å²) in [6.07, 6.45) is 2.15. The van der Waals surface area contributed by atoms with Crippen LogP contribution in [0.25, 0.3) is 11.4 Å². The van der Waals surface area contributed by atoms with Crippen LogP contribution in [0.5, 0.6) is 5.75 Å². The number of sulfonamides is 1. The Bertz CT molecular complexity index is 967. The van der Waals surface area contributed by atoms with E-state index < -0.39 is 10.0 Å². The van der Waals surface area contributed by atoms with Gasteiger partial charge in [-0.3, -0.25) is 9.82 Å². The number of H-pyrrole nitrogens is 1. The first kappa shape index (κ1) is 14.7. The highest BCUT2D eigenvalue weighted by Crippen LogP contribution is 2.28. The second kappa shape index (κ2) is 5.64. The van der Waals surface area contributed by atoms with Crippen LogP contribution in [0.2, 0.25) is 0 Å². The Hall–Kier alpha value is -2.87. The molecule has 0 aliphatic carbocycles. The number of benzene rings is 2. The predicted octanol–water partition coefficient (Wildman–Crippen LogP) is 2.21. The third-order valence-electron chi connectivity index (χ3n) is 3.80. The molecule has 3 aromatic rings. The summed E-state index contributed by atoms with van der Waals surface area (Å²) in [4.78, 5) is 4.28. The van der Waals surface area contributed by atoms with E-state index in [-0.39, 0.29) is 4.90 Å². The maximum absolute atomic E-state index is 12.5. The maximum atomic E-state index is 12.5. The van der Waals surface area contributed by atoms with E-state index >= 15 is 0 Å². The molecular weight excluding hydrogens is 328 g/mol. The third-order valence-corrected chi connectivity index (χ3v) is 5.18. The van der Waals surface area contributed by atoms with E-state index in [9.17, 15) is 8.42 Å². The zero-order chi connectivity index (χ0) is 16.6. The lowest BCUT2D eigenvalue weighted by Gasteiger charge is -2.09. The lowest BCUT2D eigenvalue weighted by atomic mass is 10.2. The lowest BCUT2D eigenvalue weighted by molar-refractivity contribution is 0.356. The molecule has 0 bridgehead atoms. The van der Waals surface area contributed by atoms with Crippen molar-refractivity contribution in [2.45, 2.75) is 11.3 Å². The second-order valence-electron chi connectivity index (χ2n) is 5.38. The fraction of sp³-hybridized carbons (Fsp3) is 0.125. The van der Waals surface area contributed by atoms with Crippen molar-refractivity contribution in [2.75, 3.05) is 11.3 Å². The van der Waals surface area contributed by atoms with Gasteiger partial charge >= 0.3 is 0 Å². The number of ether oxygens (including phenoxy) is 1. The van der Waals surface area contributed by atoms with E-state index in [2.05, 4.69) is 19.9 Å². The van der Waals surface area contributed by atoms with E-state index in [4.69, 9.17) is 4.74 Å². The standard InChI is InChI=1S/C16H14N4O3S/c21-24(22,14-5-6-15-12(9-14)7-8-23-15)20-13-3-1-11(2-4-13)16-17-10-18-19-16/h1-6,9-10,20H,7-8H2,(H,17,18,19). The van der Waals surface area contributed by atoms with Crippen LogP contribution in [0.4, 0.5) is 5.69 Å². The van der Waals surface area contributed by atoms with Crippen molar-refractivity contribution in [2.24, 2.45) is 0 Å². The molecule has 2 aromatic carbocycles. The summed E-state index contributed by atoms with van der Waals surface area (Å²) >= 11 is 0. The van der Waals surface area contributed by atoms with Gasteiger partial charge in [0, 0.05) is 17.7 Å². The van der Waals surface area contributed by atoms with Gasteiger partial charge in [-0.25, -0.2) is 13.4 Å². The number of hydrogen-bond acceptors (Lipinski definition) is 5. The Kier molecular flexibility index (Phi) is 3.46. The number of anilines is 1. The van der Waals surface area contributed by atoms with Gasteiger partial charge in [-0.1, -0.05) is 0 Å². The minimum Gasteiger partial charge on any atom is -0.493 e. The van der Waals surface area contributed by atoms with Crippen molar-refractivity contribution in [3.8, 4) is 17.1 Å². The number of rotatable bonds is 4. The van der Waals surface area contributed by atoms with Crippen molar-refractivity contribution < 1.29 is 13.2 Å². The van der Waals surface area contributed by atoms with E-state index in [0.29, 0.717) is 18.1 Å². The summed E-state index contributed by atoms with van der Waals surface area (Å²) in [5, 5.41) is 6.55. The molecule has 4 rings (SSSR count). The zero-order valence-electron chi connectivity index (χ0n) is 12.6. The van der Waals surface area contributed by atoms with Crippen LogP contribution in [0, 0.1) is 0 Å². The molecule has 0 atom stereocenters. The average Bonchev–Trinajstić information content (AvgIpc) is 3.26. The largest absolute Gasteiger partial charge is 0.493 e. The van der Waals surface area contributed by atoms with E-state index in [0.717, 1.165) is 23.3 Å². The molecule has 0 saturated heterocycles. The van der Waals surface area contributed by atoms with Gasteiger partial charge in [-0.15, -0.1) is 0 Å². The summed E-state index contributed by atoms with van der Waals surface area (Å²) in [6, 6.07) is 11.8. The summed E-state index contributed by atoms with van der Waals surface area (Å²) in [5.41, 5.74) is 2.22. The van der Waals surface area contributed by atoms with Gasteiger partial charge in [0.05, 0.1) is 11.5 Å². The zero-order valence-corrected chi connectivity index (χ0v) is 13.4. The highest BCUT2D eigenvalue weighted by atomic mass is 32.2. The molecule has 8 heteroatoms. The first-order chi connectivity index (χ1) is 11.6. The second-order valence-corrected chi connectivity index (χ2v) is 7.07. The molecule has 0 saturated carbocycles. The van der Waals surface area contributed by atoms with E-state index in [1.807, 2.05) is 0 Å². The van der Waals surface area contributed by atoms with E-state index in [1.54, 1.807) is 42.5 Å². The smallest absolute Gasteiger partial charge is 0.261 e. The van der Waals surface area contributed by atoms with Gasteiger partial charge in [0.25, 0.3) is 10.0 Å². The molecule has 1 aromatic heterocycles. The molecule has 1 aliphatic heterocycles. The highest BCUT2D eigenvalue weighted by Gasteiger charge is 2.19. The quantitative estimate of drug-likeness (QED) is 0.758. The predicted molar refractivity (Wildman–Crippen MR) is 88.3 cm³/mol. The van der Waals surface area contributed by atoms with Crippen LogP contribution >= 0.6 is 0 Å². The van der Waals surface area contributed by atoms with Crippen LogP contribution in [0.15, 0.2) is 53.7 Å². The molecule has 0 unspecified atom stereocenters. The molecule has 0 amide bonds. The SMILES string of the molecule is O=S(=O)(Nc1ccc(-c2ncn[nH]2)cc1)c1ccc2c(c1)CCO2. The molecule has 0 radical (unpaired) electrons. The van der Waals surface area contributed by atoms with E-state index in [1.165, 1.54) is 6.33 Å². The molecule has 0 fully saturated rings. The van der Waals surface area contributed by atoms with Gasteiger partial charge in [-0.2, -0.15) is 5.10 Å². The lowest BCUT2D eigenvalue weighted by Crippen LogP contribution is -2.13. The first-order valence-corrected chi connectivity index (χ1v) is 8.84. The summed E-state index contributed by atoms with van der Waals surface area (Å²) in [7, 11) is -3.64. The Balaban J connectivity index is 1.57. The molecule has 7 nitrogen and oxygen atoms in total. The van der Waals surface area contributed by atoms with Crippen molar-refractivity contribution >= 4 is 15.7 Å². The Morgan fingerprint density at radius 2 is 1.96 bits per heavy atom. The Morgan fingerprint density at radius 1 is 1.12 bits per heavy atom. The topological polar surface area (TPSA) is 97.0 Å². The number of nitrogens with zero attached hydrogens (tertiary/aromatic N) is 2. The van der Waals surface area contributed by atoms with Crippen LogP contribution in [0.1, 0.15) is 5.56 Å². The van der Waals surface area contributed by atoms with Crippen molar-refractivity contribution in [1.82, 2.24) is 15.2 Å². The number of aromatic nitrogens is 3. The number of fused-ring (bicyclic) bond motifs is 1. The fourth-order valence-corrected chi connectivity index (χ4v) is 3.69. The van der Waals surface area contributed by atoms with Crippen LogP contribution in [0.3, 0.4) is 0 Å². The molecule has 1 aliphatic rings. The minimum atomic E-state index is -3.64. The molecule has 2 heterocycles. The van der Waals surface area contributed by atoms with Gasteiger partial charge < -0.3 is 4.74 Å². The minimum absolute atomic E-state index is 0.228. The first-order valence-electron chi connectivity index (χ1n) is 7.36. The molecule has 122 valence electrons. The Labute approximate surface area is 138 Å². The third kappa shape index (κ3) is 2.71. The molecule has 2 N–H and O–H groups in total. The van der Waals surface area contributed by atoms with Gasteiger partial charge in [-0.05, 0) is 48.0 Å². The van der Waals surface area contributed by atoms with Gasteiger partial charge in [0.2, 0.25) is 0 Å². The summed E-state index contributed by atoms with van der Waals surface area (Å²) in [6.45, 7) is 0.593. The fourth-order valence-electron chi connectivity index (χ4n) is 2.58. The number of nitrogens with one attached hydrogen (secondary N) is 2. The van der Waals surface area contributed by atoms with Crippen LogP contribution < -0.4 is 9.46 Å². The van der Waals surface area contributed by atoms with Crippen LogP contribution in [-0.2, 0) is 16.4 Å². The van der Waals surface area contributed by atoms with Crippen molar-refractivity contribution in [1.29, 1.82) is 0 Å². The van der Waals surface area contributed by atoms with Gasteiger partial charge in [0.15, 0.2) is 5.82 Å². The number of hydrogen-bond donors (Lipinski definition) is 2. The summed E-state index contributed by atoms with van der Waals surface area (Å²) < 4.78 is 33.1. The molecule has 24 heavy (non-hydrogen) atoms.